The van der Waals surface area contributed by atoms with Gasteiger partial charge >= 0.3 is 6.03 Å². The Morgan fingerprint density at radius 3 is 2.34 bits per heavy atom. The second kappa shape index (κ2) is 12.5. The van der Waals surface area contributed by atoms with Gasteiger partial charge in [-0.05, 0) is 34.7 Å². The first kappa shape index (κ1) is 24.9. The molecule has 3 amide bonds. The third-order valence-corrected chi connectivity index (χ3v) is 7.05. The van der Waals surface area contributed by atoms with Crippen molar-refractivity contribution in [3.8, 4) is 0 Å². The Morgan fingerprint density at radius 2 is 1.66 bits per heavy atom. The van der Waals surface area contributed by atoms with Crippen LogP contribution >= 0.6 is 11.3 Å². The number of urea groups is 1. The molecule has 1 aliphatic heterocycles. The summed E-state index contributed by atoms with van der Waals surface area (Å²) in [5, 5.41) is 5.00. The molecule has 3 aromatic rings. The standard InChI is InChI=1S/C27H31FN4O2S/c28-24-10-8-23(9-11-24)21-32(27(34)29-20-22-5-2-1-3-6-22)17-14-30-12-15-31(16-13-30)26(33)19-25-7-4-18-35-25/h1-11,18H,12-17,19-21H2,(H,29,34). The summed E-state index contributed by atoms with van der Waals surface area (Å²) in [5.74, 6) is -0.120. The molecule has 0 unspecified atom stereocenters. The van der Waals surface area contributed by atoms with Crippen LogP contribution in [0.3, 0.4) is 0 Å². The Labute approximate surface area is 210 Å². The van der Waals surface area contributed by atoms with Crippen LogP contribution in [0.15, 0.2) is 72.1 Å². The van der Waals surface area contributed by atoms with Crippen molar-refractivity contribution in [1.29, 1.82) is 0 Å². The highest BCUT2D eigenvalue weighted by Gasteiger charge is 2.22. The Bertz CT molecular complexity index is 1070. The van der Waals surface area contributed by atoms with Crippen molar-refractivity contribution in [3.05, 3.63) is 93.9 Å². The lowest BCUT2D eigenvalue weighted by Crippen LogP contribution is -2.51. The first-order valence-corrected chi connectivity index (χ1v) is 12.8. The minimum atomic E-state index is -0.291. The molecule has 1 saturated heterocycles. The fourth-order valence-electron chi connectivity index (χ4n) is 4.10. The smallest absolute Gasteiger partial charge is 0.318 e. The van der Waals surface area contributed by atoms with Crippen LogP contribution in [0.4, 0.5) is 9.18 Å². The maximum absolute atomic E-state index is 13.3. The van der Waals surface area contributed by atoms with E-state index in [1.165, 1.54) is 12.1 Å². The number of halogens is 1. The Kier molecular flexibility index (Phi) is 8.86. The van der Waals surface area contributed by atoms with Crippen molar-refractivity contribution in [2.75, 3.05) is 39.3 Å². The highest BCUT2D eigenvalue weighted by atomic mass is 32.1. The molecular formula is C27H31FN4O2S. The SMILES string of the molecule is O=C(Cc1cccs1)N1CCN(CCN(Cc2ccc(F)cc2)C(=O)NCc2ccccc2)CC1. The van der Waals surface area contributed by atoms with Gasteiger partial charge in [0.1, 0.15) is 5.82 Å². The van der Waals surface area contributed by atoms with Crippen molar-refractivity contribution in [3.63, 3.8) is 0 Å². The number of carbonyl (C=O) groups excluding carboxylic acids is 2. The van der Waals surface area contributed by atoms with Crippen molar-refractivity contribution in [2.45, 2.75) is 19.5 Å². The van der Waals surface area contributed by atoms with E-state index < -0.39 is 0 Å². The van der Waals surface area contributed by atoms with Crippen LogP contribution in [-0.2, 0) is 24.3 Å². The molecule has 0 atom stereocenters. The molecule has 1 N–H and O–H groups in total. The van der Waals surface area contributed by atoms with Gasteiger partial charge in [0.15, 0.2) is 0 Å². The number of amides is 3. The second-order valence-electron chi connectivity index (χ2n) is 8.67. The summed E-state index contributed by atoms with van der Waals surface area (Å²) in [4.78, 5) is 32.7. The average Bonchev–Trinajstić information content (AvgIpc) is 3.40. The van der Waals surface area contributed by atoms with Crippen LogP contribution < -0.4 is 5.32 Å². The minimum absolute atomic E-state index is 0.150. The predicted molar refractivity (Wildman–Crippen MR) is 137 cm³/mol. The molecule has 6 nitrogen and oxygen atoms in total. The van der Waals surface area contributed by atoms with Gasteiger partial charge in [0.25, 0.3) is 0 Å². The van der Waals surface area contributed by atoms with Crippen LogP contribution in [-0.4, -0.2) is 65.9 Å². The van der Waals surface area contributed by atoms with Crippen molar-refractivity contribution in [2.24, 2.45) is 0 Å². The Morgan fingerprint density at radius 1 is 0.914 bits per heavy atom. The lowest BCUT2D eigenvalue weighted by atomic mass is 10.2. The monoisotopic (exact) mass is 494 g/mol. The summed E-state index contributed by atoms with van der Waals surface area (Å²) in [6, 6.07) is 19.9. The fourth-order valence-corrected chi connectivity index (χ4v) is 4.80. The first-order chi connectivity index (χ1) is 17.1. The molecule has 184 valence electrons. The Balaban J connectivity index is 1.29. The highest BCUT2D eigenvalue weighted by Crippen LogP contribution is 2.13. The maximum atomic E-state index is 13.3. The van der Waals surface area contributed by atoms with Gasteiger partial charge in [0.2, 0.25) is 5.91 Å². The molecule has 0 aliphatic carbocycles. The normalized spacial score (nSPS) is 14.0. The molecule has 1 fully saturated rings. The summed E-state index contributed by atoms with van der Waals surface area (Å²) in [5.41, 5.74) is 1.91. The van der Waals surface area contributed by atoms with Gasteiger partial charge in [-0.3, -0.25) is 9.69 Å². The number of piperazine rings is 1. The van der Waals surface area contributed by atoms with E-state index in [1.54, 1.807) is 28.4 Å². The minimum Gasteiger partial charge on any atom is -0.340 e. The third-order valence-electron chi connectivity index (χ3n) is 6.18. The van der Waals surface area contributed by atoms with E-state index in [2.05, 4.69) is 10.2 Å². The van der Waals surface area contributed by atoms with Crippen molar-refractivity contribution < 1.29 is 14.0 Å². The molecule has 0 radical (unpaired) electrons. The van der Waals surface area contributed by atoms with Gasteiger partial charge in [-0.15, -0.1) is 11.3 Å². The molecule has 0 bridgehead atoms. The molecule has 0 spiro atoms. The molecule has 2 heterocycles. The molecule has 8 heteroatoms. The van der Waals surface area contributed by atoms with Crippen LogP contribution in [0, 0.1) is 5.82 Å². The van der Waals surface area contributed by atoms with Crippen LogP contribution in [0.25, 0.3) is 0 Å². The number of nitrogens with zero attached hydrogens (tertiary/aromatic N) is 3. The van der Waals surface area contributed by atoms with E-state index in [0.717, 1.165) is 29.1 Å². The number of benzene rings is 2. The zero-order chi connectivity index (χ0) is 24.5. The van der Waals surface area contributed by atoms with Crippen LogP contribution in [0.1, 0.15) is 16.0 Å². The van der Waals surface area contributed by atoms with Gasteiger partial charge in [-0.2, -0.15) is 0 Å². The largest absolute Gasteiger partial charge is 0.340 e. The lowest BCUT2D eigenvalue weighted by Gasteiger charge is -2.36. The molecule has 2 aromatic carbocycles. The number of carbonyl (C=O) groups is 2. The second-order valence-corrected chi connectivity index (χ2v) is 9.70. The van der Waals surface area contributed by atoms with Crippen molar-refractivity contribution >= 4 is 23.3 Å². The highest BCUT2D eigenvalue weighted by molar-refractivity contribution is 7.10. The van der Waals surface area contributed by atoms with Gasteiger partial charge in [-0.25, -0.2) is 9.18 Å². The van der Waals surface area contributed by atoms with E-state index in [-0.39, 0.29) is 17.8 Å². The Hall–Kier alpha value is -3.23. The number of nitrogens with one attached hydrogen (secondary N) is 1. The number of rotatable bonds is 9. The number of thiophene rings is 1. The van der Waals surface area contributed by atoms with Crippen LogP contribution in [0.5, 0.6) is 0 Å². The molecule has 1 aliphatic rings. The molecule has 35 heavy (non-hydrogen) atoms. The summed E-state index contributed by atoms with van der Waals surface area (Å²) in [6.07, 6.45) is 0.463. The number of hydrogen-bond donors (Lipinski definition) is 1. The lowest BCUT2D eigenvalue weighted by molar-refractivity contribution is -0.132. The average molecular weight is 495 g/mol. The quantitative estimate of drug-likeness (QED) is 0.490. The maximum Gasteiger partial charge on any atom is 0.318 e. The van der Waals surface area contributed by atoms with Gasteiger partial charge < -0.3 is 15.1 Å². The van der Waals surface area contributed by atoms with E-state index in [4.69, 9.17) is 0 Å². The zero-order valence-electron chi connectivity index (χ0n) is 19.7. The molecule has 1 aromatic heterocycles. The molecular weight excluding hydrogens is 463 g/mol. The third kappa shape index (κ3) is 7.63. The van der Waals surface area contributed by atoms with Crippen LogP contribution in [0.2, 0.25) is 0 Å². The predicted octanol–water partition coefficient (Wildman–Crippen LogP) is 3.99. The van der Waals surface area contributed by atoms with E-state index in [1.807, 2.05) is 52.7 Å². The zero-order valence-corrected chi connectivity index (χ0v) is 20.6. The summed E-state index contributed by atoms with van der Waals surface area (Å²) in [6.45, 7) is 5.07. The summed E-state index contributed by atoms with van der Waals surface area (Å²) in [7, 11) is 0. The van der Waals surface area contributed by atoms with E-state index in [0.29, 0.717) is 45.7 Å². The van der Waals surface area contributed by atoms with Gasteiger partial charge in [0, 0.05) is 57.2 Å². The van der Waals surface area contributed by atoms with Gasteiger partial charge in [-0.1, -0.05) is 48.5 Å². The van der Waals surface area contributed by atoms with Gasteiger partial charge in [0.05, 0.1) is 6.42 Å². The number of hydrogen-bond acceptors (Lipinski definition) is 4. The van der Waals surface area contributed by atoms with E-state index >= 15 is 0 Å². The van der Waals surface area contributed by atoms with E-state index in [9.17, 15) is 14.0 Å². The van der Waals surface area contributed by atoms with Crippen molar-refractivity contribution in [1.82, 2.24) is 20.0 Å². The summed E-state index contributed by atoms with van der Waals surface area (Å²) >= 11 is 1.61. The fraction of sp³-hybridized carbons (Fsp3) is 0.333. The first-order valence-electron chi connectivity index (χ1n) is 11.9. The molecule has 0 saturated carbocycles. The summed E-state index contributed by atoms with van der Waals surface area (Å²) < 4.78 is 13.3. The topological polar surface area (TPSA) is 55.9 Å². The molecule has 4 rings (SSSR count).